The number of H-pyrrole nitrogens is 1. The Morgan fingerprint density at radius 3 is 2.84 bits per heavy atom. The minimum atomic E-state index is -0.378. The normalized spacial score (nSPS) is 13.8. The summed E-state index contributed by atoms with van der Waals surface area (Å²) in [4.78, 5) is 16.2. The largest absolute Gasteiger partial charge is 0.358 e. The van der Waals surface area contributed by atoms with Crippen molar-refractivity contribution < 1.29 is 9.18 Å². The topological polar surface area (TPSA) is 75.6 Å². The quantitative estimate of drug-likeness (QED) is 0.483. The van der Waals surface area contributed by atoms with E-state index in [-0.39, 0.29) is 11.7 Å². The van der Waals surface area contributed by atoms with Crippen molar-refractivity contribution in [2.45, 2.75) is 46.1 Å². The summed E-state index contributed by atoms with van der Waals surface area (Å²) >= 11 is 0. The minimum absolute atomic E-state index is 0.238. The maximum atomic E-state index is 14.7. The van der Waals surface area contributed by atoms with E-state index in [2.05, 4.69) is 20.5 Å². The number of fused-ring (bicyclic) bond motifs is 2. The lowest BCUT2D eigenvalue weighted by atomic mass is 10.1. The molecule has 1 aliphatic heterocycles. The van der Waals surface area contributed by atoms with Crippen LogP contribution in [0.25, 0.3) is 22.3 Å². The molecule has 0 radical (unpaired) electrons. The molecule has 0 fully saturated rings. The smallest absolute Gasteiger partial charge is 0.255 e. The van der Waals surface area contributed by atoms with E-state index in [1.165, 1.54) is 6.07 Å². The highest BCUT2D eigenvalue weighted by atomic mass is 19.1. The highest BCUT2D eigenvalue weighted by Gasteiger charge is 2.19. The molecule has 0 spiro atoms. The van der Waals surface area contributed by atoms with E-state index in [1.54, 1.807) is 18.2 Å². The summed E-state index contributed by atoms with van der Waals surface area (Å²) in [6.45, 7) is 4.83. The van der Waals surface area contributed by atoms with Crippen LogP contribution in [0.1, 0.15) is 46.7 Å². The Bertz CT molecular complexity index is 1300. The second kappa shape index (κ2) is 7.65. The van der Waals surface area contributed by atoms with E-state index in [0.717, 1.165) is 60.2 Å². The average molecular weight is 417 g/mol. The summed E-state index contributed by atoms with van der Waals surface area (Å²) in [6.07, 6.45) is 4.08. The zero-order valence-corrected chi connectivity index (χ0v) is 17.6. The predicted octanol–water partition coefficient (Wildman–Crippen LogP) is 5.16. The van der Waals surface area contributed by atoms with E-state index >= 15 is 0 Å². The lowest BCUT2D eigenvalue weighted by Crippen LogP contribution is -2.12. The van der Waals surface area contributed by atoms with Gasteiger partial charge in [0.25, 0.3) is 5.91 Å². The summed E-state index contributed by atoms with van der Waals surface area (Å²) < 4.78 is 16.7. The van der Waals surface area contributed by atoms with E-state index < -0.39 is 0 Å². The van der Waals surface area contributed by atoms with Gasteiger partial charge in [-0.3, -0.25) is 4.79 Å². The first kappa shape index (κ1) is 19.5. The maximum Gasteiger partial charge on any atom is 0.255 e. The second-order valence-electron chi connectivity index (χ2n) is 8.19. The standard InChI is InChI=1S/C24H24FN5O/c1-14-15(2)26-21-10-7-16(12-18(14)21)24(31)27-17-8-9-20(25)19(13-17)23-29-28-22-6-4-3-5-11-30(22)23/h7-10,12-13,26H,3-6,11H2,1-2H3,(H,27,31). The number of nitrogens with one attached hydrogen (secondary N) is 2. The Kier molecular flexibility index (Phi) is 4.81. The molecule has 2 aromatic carbocycles. The Balaban J connectivity index is 1.45. The van der Waals surface area contributed by atoms with Gasteiger partial charge in [-0.2, -0.15) is 0 Å². The molecule has 31 heavy (non-hydrogen) atoms. The number of benzene rings is 2. The van der Waals surface area contributed by atoms with Crippen molar-refractivity contribution in [2.24, 2.45) is 0 Å². The number of carbonyl (C=O) groups excluding carboxylic acids is 1. The van der Waals surface area contributed by atoms with E-state index in [1.807, 2.05) is 30.5 Å². The number of hydrogen-bond donors (Lipinski definition) is 2. The van der Waals surface area contributed by atoms with Crippen molar-refractivity contribution in [3.05, 3.63) is 64.9 Å². The van der Waals surface area contributed by atoms with Crippen LogP contribution < -0.4 is 5.32 Å². The monoisotopic (exact) mass is 417 g/mol. The fourth-order valence-electron chi connectivity index (χ4n) is 4.26. The van der Waals surface area contributed by atoms with Gasteiger partial charge in [0.05, 0.1) is 5.56 Å². The fourth-order valence-corrected chi connectivity index (χ4v) is 4.26. The van der Waals surface area contributed by atoms with Crippen molar-refractivity contribution in [2.75, 3.05) is 5.32 Å². The van der Waals surface area contributed by atoms with Crippen molar-refractivity contribution in [3.63, 3.8) is 0 Å². The van der Waals surface area contributed by atoms with Crippen molar-refractivity contribution >= 4 is 22.5 Å². The summed E-state index contributed by atoms with van der Waals surface area (Å²) in [5.41, 5.74) is 4.64. The predicted molar refractivity (Wildman–Crippen MR) is 119 cm³/mol. The van der Waals surface area contributed by atoms with Crippen molar-refractivity contribution in [1.82, 2.24) is 19.7 Å². The molecule has 0 saturated carbocycles. The van der Waals surface area contributed by atoms with E-state index in [9.17, 15) is 9.18 Å². The number of anilines is 1. The molecule has 0 atom stereocenters. The number of aromatic nitrogens is 4. The van der Waals surface area contributed by atoms with Gasteiger partial charge >= 0.3 is 0 Å². The van der Waals surface area contributed by atoms with Crippen LogP contribution in [0, 0.1) is 19.7 Å². The van der Waals surface area contributed by atoms with Crippen LogP contribution in [0.15, 0.2) is 36.4 Å². The Hall–Kier alpha value is -3.48. The number of nitrogens with zero attached hydrogens (tertiary/aromatic N) is 3. The van der Waals surface area contributed by atoms with Crippen LogP contribution in [0.3, 0.4) is 0 Å². The van der Waals surface area contributed by atoms with Gasteiger partial charge in [0, 0.05) is 40.8 Å². The number of aromatic amines is 1. The van der Waals surface area contributed by atoms with E-state index in [4.69, 9.17) is 0 Å². The van der Waals surface area contributed by atoms with Crippen LogP contribution >= 0.6 is 0 Å². The molecule has 1 amide bonds. The fraction of sp³-hybridized carbons (Fsp3) is 0.292. The summed E-state index contributed by atoms with van der Waals surface area (Å²) in [5, 5.41) is 12.4. The number of halogens is 1. The number of rotatable bonds is 3. The summed E-state index contributed by atoms with van der Waals surface area (Å²) in [7, 11) is 0. The molecule has 0 aliphatic carbocycles. The van der Waals surface area contributed by atoms with Gasteiger partial charge < -0.3 is 14.9 Å². The Morgan fingerprint density at radius 1 is 1.10 bits per heavy atom. The number of hydrogen-bond acceptors (Lipinski definition) is 3. The van der Waals surface area contributed by atoms with E-state index in [0.29, 0.717) is 22.6 Å². The first-order chi connectivity index (χ1) is 15.0. The van der Waals surface area contributed by atoms with Crippen molar-refractivity contribution in [1.29, 1.82) is 0 Å². The highest BCUT2D eigenvalue weighted by molar-refractivity contribution is 6.06. The molecule has 0 bridgehead atoms. The van der Waals surface area contributed by atoms with Gasteiger partial charge in [-0.1, -0.05) is 6.42 Å². The maximum absolute atomic E-state index is 14.7. The Labute approximate surface area is 179 Å². The molecule has 3 heterocycles. The van der Waals surface area contributed by atoms with Gasteiger partial charge in [-0.15, -0.1) is 10.2 Å². The zero-order valence-electron chi connectivity index (χ0n) is 17.6. The molecule has 2 aromatic heterocycles. The number of aryl methyl sites for hydroxylation is 3. The van der Waals surface area contributed by atoms with Crippen LogP contribution in [0.2, 0.25) is 0 Å². The van der Waals surface area contributed by atoms with Crippen LogP contribution in [-0.4, -0.2) is 25.7 Å². The van der Waals surface area contributed by atoms with Gasteiger partial charge in [0.2, 0.25) is 0 Å². The molecular formula is C24H24FN5O. The lowest BCUT2D eigenvalue weighted by Gasteiger charge is -2.11. The van der Waals surface area contributed by atoms with Gasteiger partial charge in [0.1, 0.15) is 11.6 Å². The Morgan fingerprint density at radius 2 is 1.97 bits per heavy atom. The minimum Gasteiger partial charge on any atom is -0.358 e. The van der Waals surface area contributed by atoms with Gasteiger partial charge in [-0.25, -0.2) is 4.39 Å². The van der Waals surface area contributed by atoms with Crippen LogP contribution in [-0.2, 0) is 13.0 Å². The summed E-state index contributed by atoms with van der Waals surface area (Å²) in [6, 6.07) is 10.2. The molecule has 0 unspecified atom stereocenters. The highest BCUT2D eigenvalue weighted by Crippen LogP contribution is 2.28. The molecule has 5 rings (SSSR count). The van der Waals surface area contributed by atoms with Gasteiger partial charge in [-0.05, 0) is 68.7 Å². The molecule has 0 saturated heterocycles. The zero-order chi connectivity index (χ0) is 21.5. The third kappa shape index (κ3) is 3.50. The number of amides is 1. The third-order valence-corrected chi connectivity index (χ3v) is 6.15. The molecule has 4 aromatic rings. The molecule has 2 N–H and O–H groups in total. The second-order valence-corrected chi connectivity index (χ2v) is 8.19. The SMILES string of the molecule is Cc1[nH]c2ccc(C(=O)Nc3ccc(F)c(-c4nnc5n4CCCCC5)c3)cc2c1C. The average Bonchev–Trinajstić information content (AvgIpc) is 3.19. The molecule has 6 nitrogen and oxygen atoms in total. The van der Waals surface area contributed by atoms with Crippen molar-refractivity contribution in [3.8, 4) is 11.4 Å². The first-order valence-electron chi connectivity index (χ1n) is 10.6. The third-order valence-electron chi connectivity index (χ3n) is 6.15. The molecular weight excluding hydrogens is 393 g/mol. The van der Waals surface area contributed by atoms with Crippen LogP contribution in [0.4, 0.5) is 10.1 Å². The molecule has 158 valence electrons. The summed E-state index contributed by atoms with van der Waals surface area (Å²) in [5.74, 6) is 0.798. The number of carbonyl (C=O) groups is 1. The van der Waals surface area contributed by atoms with Gasteiger partial charge in [0.15, 0.2) is 5.82 Å². The lowest BCUT2D eigenvalue weighted by molar-refractivity contribution is 0.102. The molecule has 1 aliphatic rings. The molecule has 7 heteroatoms. The first-order valence-corrected chi connectivity index (χ1v) is 10.6. The van der Waals surface area contributed by atoms with Crippen LogP contribution in [0.5, 0.6) is 0 Å².